The third kappa shape index (κ3) is 3.46. The third-order valence-electron chi connectivity index (χ3n) is 1.88. The van der Waals surface area contributed by atoms with E-state index in [1.54, 1.807) is 31.5 Å². The van der Waals surface area contributed by atoms with E-state index in [1.807, 2.05) is 25.1 Å². The molecule has 0 atom stereocenters. The Balaban J connectivity index is 2.82. The Morgan fingerprint density at radius 3 is 2.73 bits per heavy atom. The molecule has 0 heterocycles. The van der Waals surface area contributed by atoms with E-state index in [9.17, 15) is 4.79 Å². The maximum absolute atomic E-state index is 11.6. The van der Waals surface area contributed by atoms with Crippen molar-refractivity contribution in [2.75, 3.05) is 21.2 Å². The van der Waals surface area contributed by atoms with E-state index >= 15 is 0 Å². The second kappa shape index (κ2) is 5.20. The van der Waals surface area contributed by atoms with E-state index in [1.165, 1.54) is 6.08 Å². The summed E-state index contributed by atoms with van der Waals surface area (Å²) < 4.78 is 5.04. The Morgan fingerprint density at radius 2 is 2.13 bits per heavy atom. The molecule has 0 bridgehead atoms. The number of nitrogens with zero attached hydrogens (tertiary/aromatic N) is 1. The van der Waals surface area contributed by atoms with Gasteiger partial charge >= 0.3 is 0 Å². The van der Waals surface area contributed by atoms with E-state index in [0.29, 0.717) is 11.3 Å². The van der Waals surface area contributed by atoms with Crippen molar-refractivity contribution in [3.05, 3.63) is 42.1 Å². The van der Waals surface area contributed by atoms with Crippen molar-refractivity contribution in [1.29, 1.82) is 0 Å². The van der Waals surface area contributed by atoms with Gasteiger partial charge in [0.05, 0.1) is 7.11 Å². The average Bonchev–Trinajstić information content (AvgIpc) is 2.26. The van der Waals surface area contributed by atoms with Crippen LogP contribution in [0.4, 0.5) is 0 Å². The summed E-state index contributed by atoms with van der Waals surface area (Å²) in [4.78, 5) is 13.5. The Hall–Kier alpha value is -1.77. The average molecular weight is 205 g/mol. The molecule has 0 aliphatic carbocycles. The second-order valence-corrected chi connectivity index (χ2v) is 3.38. The SMILES string of the molecule is COc1cccc(C(=O)C=CN(C)C)c1. The Labute approximate surface area is 90.0 Å². The van der Waals surface area contributed by atoms with Crippen LogP contribution in [0, 0.1) is 0 Å². The first kappa shape index (κ1) is 11.3. The van der Waals surface area contributed by atoms with Gasteiger partial charge in [0.2, 0.25) is 0 Å². The fourth-order valence-corrected chi connectivity index (χ4v) is 1.09. The van der Waals surface area contributed by atoms with Gasteiger partial charge in [-0.3, -0.25) is 4.79 Å². The predicted octanol–water partition coefficient (Wildman–Crippen LogP) is 1.95. The van der Waals surface area contributed by atoms with Crippen molar-refractivity contribution in [3.8, 4) is 5.75 Å². The zero-order valence-corrected chi connectivity index (χ0v) is 9.23. The van der Waals surface area contributed by atoms with Gasteiger partial charge in [-0.15, -0.1) is 0 Å². The molecule has 0 aromatic heterocycles. The minimum absolute atomic E-state index is 0.0254. The highest BCUT2D eigenvalue weighted by molar-refractivity contribution is 6.04. The molecule has 0 aliphatic heterocycles. The Kier molecular flexibility index (Phi) is 3.92. The van der Waals surface area contributed by atoms with Crippen LogP contribution in [0.2, 0.25) is 0 Å². The number of ether oxygens (including phenoxy) is 1. The maximum atomic E-state index is 11.6. The fourth-order valence-electron chi connectivity index (χ4n) is 1.09. The molecule has 80 valence electrons. The van der Waals surface area contributed by atoms with Crippen LogP contribution < -0.4 is 4.74 Å². The lowest BCUT2D eigenvalue weighted by Gasteiger charge is -2.03. The standard InChI is InChI=1S/C12H15NO2/c1-13(2)8-7-12(14)10-5-4-6-11(9-10)15-3/h4-9H,1-3H3. The quantitative estimate of drug-likeness (QED) is 0.556. The molecule has 15 heavy (non-hydrogen) atoms. The lowest BCUT2D eigenvalue weighted by Crippen LogP contribution is -2.03. The summed E-state index contributed by atoms with van der Waals surface area (Å²) in [6.07, 6.45) is 3.26. The third-order valence-corrected chi connectivity index (χ3v) is 1.88. The summed E-state index contributed by atoms with van der Waals surface area (Å²) in [5.74, 6) is 0.668. The number of carbonyl (C=O) groups excluding carboxylic acids is 1. The molecule has 0 radical (unpaired) electrons. The van der Waals surface area contributed by atoms with Crippen molar-refractivity contribution < 1.29 is 9.53 Å². The topological polar surface area (TPSA) is 29.5 Å². The molecule has 1 rings (SSSR count). The molecule has 1 aromatic carbocycles. The minimum Gasteiger partial charge on any atom is -0.497 e. The van der Waals surface area contributed by atoms with Crippen LogP contribution >= 0.6 is 0 Å². The number of methoxy groups -OCH3 is 1. The summed E-state index contributed by atoms with van der Waals surface area (Å²) in [6, 6.07) is 7.11. The molecular formula is C12H15NO2. The van der Waals surface area contributed by atoms with Gasteiger partial charge in [0.1, 0.15) is 5.75 Å². The van der Waals surface area contributed by atoms with E-state index < -0.39 is 0 Å². The summed E-state index contributed by atoms with van der Waals surface area (Å²) in [5, 5.41) is 0. The number of allylic oxidation sites excluding steroid dienone is 1. The zero-order chi connectivity index (χ0) is 11.3. The van der Waals surface area contributed by atoms with Crippen LogP contribution in [0.1, 0.15) is 10.4 Å². The molecule has 0 aliphatic rings. The molecule has 3 nitrogen and oxygen atoms in total. The molecular weight excluding hydrogens is 190 g/mol. The van der Waals surface area contributed by atoms with Crippen LogP contribution in [0.5, 0.6) is 5.75 Å². The molecule has 0 amide bonds. The molecule has 0 unspecified atom stereocenters. The Morgan fingerprint density at radius 1 is 1.40 bits per heavy atom. The van der Waals surface area contributed by atoms with E-state index in [2.05, 4.69) is 0 Å². The molecule has 0 saturated heterocycles. The lowest BCUT2D eigenvalue weighted by atomic mass is 10.1. The molecule has 0 spiro atoms. The van der Waals surface area contributed by atoms with Crippen LogP contribution in [-0.4, -0.2) is 31.9 Å². The molecule has 1 aromatic rings. The highest BCUT2D eigenvalue weighted by Crippen LogP contribution is 2.13. The van der Waals surface area contributed by atoms with Gasteiger partial charge in [0.25, 0.3) is 0 Å². The van der Waals surface area contributed by atoms with Gasteiger partial charge in [-0.25, -0.2) is 0 Å². The summed E-state index contributed by atoms with van der Waals surface area (Å²) in [6.45, 7) is 0. The summed E-state index contributed by atoms with van der Waals surface area (Å²) in [7, 11) is 5.32. The largest absolute Gasteiger partial charge is 0.497 e. The number of carbonyl (C=O) groups is 1. The summed E-state index contributed by atoms with van der Waals surface area (Å²) >= 11 is 0. The number of hydrogen-bond donors (Lipinski definition) is 0. The van der Waals surface area contributed by atoms with Crippen molar-refractivity contribution in [2.45, 2.75) is 0 Å². The lowest BCUT2D eigenvalue weighted by molar-refractivity contribution is 0.104. The van der Waals surface area contributed by atoms with Crippen LogP contribution in [-0.2, 0) is 0 Å². The highest BCUT2D eigenvalue weighted by atomic mass is 16.5. The number of ketones is 1. The zero-order valence-electron chi connectivity index (χ0n) is 9.23. The van der Waals surface area contributed by atoms with E-state index in [4.69, 9.17) is 4.74 Å². The van der Waals surface area contributed by atoms with E-state index in [-0.39, 0.29) is 5.78 Å². The first-order valence-electron chi connectivity index (χ1n) is 4.66. The van der Waals surface area contributed by atoms with Gasteiger partial charge in [0.15, 0.2) is 5.78 Å². The first-order chi connectivity index (χ1) is 7.13. The number of hydrogen-bond acceptors (Lipinski definition) is 3. The minimum atomic E-state index is -0.0254. The van der Waals surface area contributed by atoms with Crippen LogP contribution in [0.3, 0.4) is 0 Å². The molecule has 0 N–H and O–H groups in total. The number of rotatable bonds is 4. The fraction of sp³-hybridized carbons (Fsp3) is 0.250. The Bertz CT molecular complexity index is 370. The monoisotopic (exact) mass is 205 g/mol. The van der Waals surface area contributed by atoms with Crippen molar-refractivity contribution in [2.24, 2.45) is 0 Å². The first-order valence-corrected chi connectivity index (χ1v) is 4.66. The maximum Gasteiger partial charge on any atom is 0.187 e. The van der Waals surface area contributed by atoms with Crippen LogP contribution in [0.25, 0.3) is 0 Å². The molecule has 0 fully saturated rings. The van der Waals surface area contributed by atoms with E-state index in [0.717, 1.165) is 0 Å². The predicted molar refractivity (Wildman–Crippen MR) is 60.2 cm³/mol. The number of benzene rings is 1. The summed E-state index contributed by atoms with van der Waals surface area (Å²) in [5.41, 5.74) is 0.632. The smallest absolute Gasteiger partial charge is 0.187 e. The second-order valence-electron chi connectivity index (χ2n) is 3.38. The van der Waals surface area contributed by atoms with Crippen molar-refractivity contribution in [1.82, 2.24) is 4.90 Å². The van der Waals surface area contributed by atoms with Crippen LogP contribution in [0.15, 0.2) is 36.5 Å². The molecule has 0 saturated carbocycles. The van der Waals surface area contributed by atoms with Gasteiger partial charge in [-0.1, -0.05) is 12.1 Å². The van der Waals surface area contributed by atoms with Gasteiger partial charge in [0, 0.05) is 31.9 Å². The van der Waals surface area contributed by atoms with Gasteiger partial charge in [-0.2, -0.15) is 0 Å². The van der Waals surface area contributed by atoms with Gasteiger partial charge < -0.3 is 9.64 Å². The highest BCUT2D eigenvalue weighted by Gasteiger charge is 2.02. The molecule has 3 heteroatoms. The van der Waals surface area contributed by atoms with Gasteiger partial charge in [-0.05, 0) is 12.1 Å². The normalized spacial score (nSPS) is 10.3. The van der Waals surface area contributed by atoms with Crippen molar-refractivity contribution in [3.63, 3.8) is 0 Å². The van der Waals surface area contributed by atoms with Crippen molar-refractivity contribution >= 4 is 5.78 Å².